The molecule has 2 heteroatoms. The van der Waals surface area contributed by atoms with Gasteiger partial charge in [-0.05, 0) is 31.0 Å². The predicted octanol–water partition coefficient (Wildman–Crippen LogP) is 2.65. The second kappa shape index (κ2) is 4.27. The van der Waals surface area contributed by atoms with Crippen LogP contribution < -0.4 is 0 Å². The summed E-state index contributed by atoms with van der Waals surface area (Å²) in [4.78, 5) is 11.0. The van der Waals surface area contributed by atoms with Crippen LogP contribution in [-0.4, -0.2) is 11.4 Å². The van der Waals surface area contributed by atoms with Gasteiger partial charge in [0.15, 0.2) is 0 Å². The molecule has 1 aromatic carbocycles. The topological polar surface area (TPSA) is 37.3 Å². The van der Waals surface area contributed by atoms with Crippen LogP contribution >= 0.6 is 0 Å². The molecule has 0 fully saturated rings. The lowest BCUT2D eigenvalue weighted by Gasteiger charge is -2.22. The Morgan fingerprint density at radius 3 is 2.71 bits per heavy atom. The maximum atomic E-state index is 11.0. The molecule has 0 saturated carbocycles. The fourth-order valence-electron chi connectivity index (χ4n) is 1.65. The van der Waals surface area contributed by atoms with Crippen molar-refractivity contribution in [3.05, 3.63) is 29.8 Å². The molecule has 0 amide bonds. The van der Waals surface area contributed by atoms with Gasteiger partial charge in [0.05, 0.1) is 0 Å². The van der Waals surface area contributed by atoms with E-state index in [1.165, 1.54) is 0 Å². The number of phenols is 1. The van der Waals surface area contributed by atoms with Crippen molar-refractivity contribution in [2.75, 3.05) is 0 Å². The lowest BCUT2D eigenvalue weighted by Crippen LogP contribution is -2.23. The third-order valence-corrected chi connectivity index (χ3v) is 2.54. The standard InChI is InChI=1S/C12H16O2/c1-3-7-12(2,9-13)10-5-4-6-11(14)8-10/h4-6,8-9,14H,3,7H2,1-2H3. The van der Waals surface area contributed by atoms with E-state index in [0.29, 0.717) is 0 Å². The van der Waals surface area contributed by atoms with Crippen LogP contribution in [0, 0.1) is 0 Å². The fraction of sp³-hybridized carbons (Fsp3) is 0.417. The Labute approximate surface area is 84.6 Å². The van der Waals surface area contributed by atoms with Crippen LogP contribution in [0.2, 0.25) is 0 Å². The molecular formula is C12H16O2. The van der Waals surface area contributed by atoms with E-state index in [1.807, 2.05) is 19.9 Å². The minimum absolute atomic E-state index is 0.215. The summed E-state index contributed by atoms with van der Waals surface area (Å²) in [6, 6.07) is 6.91. The monoisotopic (exact) mass is 192 g/mol. The summed E-state index contributed by atoms with van der Waals surface area (Å²) in [7, 11) is 0. The summed E-state index contributed by atoms with van der Waals surface area (Å²) in [6.07, 6.45) is 2.72. The Morgan fingerprint density at radius 1 is 1.50 bits per heavy atom. The number of phenolic OH excluding ortho intramolecular Hbond substituents is 1. The van der Waals surface area contributed by atoms with Gasteiger partial charge < -0.3 is 9.90 Å². The first-order chi connectivity index (χ1) is 6.62. The molecule has 0 heterocycles. The minimum atomic E-state index is -0.465. The van der Waals surface area contributed by atoms with Crippen molar-refractivity contribution < 1.29 is 9.90 Å². The molecule has 1 aromatic rings. The number of carbonyl (C=O) groups is 1. The Balaban J connectivity index is 3.05. The zero-order valence-corrected chi connectivity index (χ0v) is 8.66. The molecule has 1 rings (SSSR count). The third kappa shape index (κ3) is 2.13. The molecule has 1 atom stereocenters. The quantitative estimate of drug-likeness (QED) is 0.744. The van der Waals surface area contributed by atoms with Crippen LogP contribution in [0.15, 0.2) is 24.3 Å². The molecule has 0 aromatic heterocycles. The van der Waals surface area contributed by atoms with E-state index in [-0.39, 0.29) is 5.75 Å². The number of hydrogen-bond acceptors (Lipinski definition) is 2. The molecule has 0 aliphatic rings. The summed E-state index contributed by atoms with van der Waals surface area (Å²) >= 11 is 0. The number of rotatable bonds is 4. The highest BCUT2D eigenvalue weighted by Crippen LogP contribution is 2.28. The second-order valence-electron chi connectivity index (χ2n) is 3.84. The first-order valence-electron chi connectivity index (χ1n) is 4.88. The van der Waals surface area contributed by atoms with Gasteiger partial charge in [-0.15, -0.1) is 0 Å². The molecule has 76 valence electrons. The molecule has 2 nitrogen and oxygen atoms in total. The maximum Gasteiger partial charge on any atom is 0.130 e. The molecule has 0 saturated heterocycles. The molecule has 0 aliphatic carbocycles. The molecule has 1 N–H and O–H groups in total. The molecular weight excluding hydrogens is 176 g/mol. The van der Waals surface area contributed by atoms with Gasteiger partial charge in [-0.2, -0.15) is 0 Å². The van der Waals surface area contributed by atoms with Gasteiger partial charge in [0.2, 0.25) is 0 Å². The Bertz CT molecular complexity index is 320. The number of aldehydes is 1. The van der Waals surface area contributed by atoms with Crippen molar-refractivity contribution >= 4 is 6.29 Å². The minimum Gasteiger partial charge on any atom is -0.508 e. The fourth-order valence-corrected chi connectivity index (χ4v) is 1.65. The molecule has 1 unspecified atom stereocenters. The zero-order valence-electron chi connectivity index (χ0n) is 8.66. The highest BCUT2D eigenvalue weighted by Gasteiger charge is 2.24. The highest BCUT2D eigenvalue weighted by atomic mass is 16.3. The molecule has 0 spiro atoms. The first-order valence-corrected chi connectivity index (χ1v) is 4.88. The number of carbonyl (C=O) groups excluding carboxylic acids is 1. The van der Waals surface area contributed by atoms with Gasteiger partial charge in [-0.25, -0.2) is 0 Å². The molecule has 0 aliphatic heterocycles. The van der Waals surface area contributed by atoms with Crippen LogP contribution in [0.3, 0.4) is 0 Å². The number of hydrogen-bond donors (Lipinski definition) is 1. The average Bonchev–Trinajstić information content (AvgIpc) is 2.18. The van der Waals surface area contributed by atoms with Crippen molar-refractivity contribution in [1.82, 2.24) is 0 Å². The van der Waals surface area contributed by atoms with Crippen LogP contribution in [0.5, 0.6) is 5.75 Å². The van der Waals surface area contributed by atoms with E-state index >= 15 is 0 Å². The largest absolute Gasteiger partial charge is 0.508 e. The third-order valence-electron chi connectivity index (χ3n) is 2.54. The SMILES string of the molecule is CCCC(C)(C=O)c1cccc(O)c1. The summed E-state index contributed by atoms with van der Waals surface area (Å²) < 4.78 is 0. The van der Waals surface area contributed by atoms with E-state index in [4.69, 9.17) is 0 Å². The maximum absolute atomic E-state index is 11.0. The van der Waals surface area contributed by atoms with E-state index in [1.54, 1.807) is 18.2 Å². The lowest BCUT2D eigenvalue weighted by atomic mass is 9.80. The van der Waals surface area contributed by atoms with Crippen molar-refractivity contribution in [3.63, 3.8) is 0 Å². The van der Waals surface area contributed by atoms with Crippen molar-refractivity contribution in [2.45, 2.75) is 32.1 Å². The average molecular weight is 192 g/mol. The molecule has 0 bridgehead atoms. The Morgan fingerprint density at radius 2 is 2.21 bits per heavy atom. The van der Waals surface area contributed by atoms with Crippen LogP contribution in [0.1, 0.15) is 32.3 Å². The summed E-state index contributed by atoms with van der Waals surface area (Å²) in [5.74, 6) is 0.215. The van der Waals surface area contributed by atoms with E-state index in [0.717, 1.165) is 24.7 Å². The van der Waals surface area contributed by atoms with E-state index < -0.39 is 5.41 Å². The Hall–Kier alpha value is -1.31. The van der Waals surface area contributed by atoms with Crippen molar-refractivity contribution in [2.24, 2.45) is 0 Å². The van der Waals surface area contributed by atoms with E-state index in [2.05, 4.69) is 0 Å². The lowest BCUT2D eigenvalue weighted by molar-refractivity contribution is -0.112. The van der Waals surface area contributed by atoms with Gasteiger partial charge in [0, 0.05) is 5.41 Å². The smallest absolute Gasteiger partial charge is 0.130 e. The Kier molecular flexibility index (Phi) is 3.28. The van der Waals surface area contributed by atoms with Gasteiger partial charge in [0.25, 0.3) is 0 Å². The van der Waals surface area contributed by atoms with Gasteiger partial charge in [0.1, 0.15) is 12.0 Å². The second-order valence-corrected chi connectivity index (χ2v) is 3.84. The first kappa shape index (κ1) is 10.8. The molecule has 14 heavy (non-hydrogen) atoms. The molecule has 0 radical (unpaired) electrons. The van der Waals surface area contributed by atoms with Gasteiger partial charge >= 0.3 is 0 Å². The van der Waals surface area contributed by atoms with Crippen molar-refractivity contribution in [1.29, 1.82) is 0 Å². The number of benzene rings is 1. The van der Waals surface area contributed by atoms with Crippen molar-refractivity contribution in [3.8, 4) is 5.75 Å². The highest BCUT2D eigenvalue weighted by molar-refractivity contribution is 5.68. The summed E-state index contributed by atoms with van der Waals surface area (Å²) in [6.45, 7) is 3.95. The van der Waals surface area contributed by atoms with Gasteiger partial charge in [-0.1, -0.05) is 25.5 Å². The van der Waals surface area contributed by atoms with Crippen LogP contribution in [0.25, 0.3) is 0 Å². The summed E-state index contributed by atoms with van der Waals surface area (Å²) in [5.41, 5.74) is 0.419. The van der Waals surface area contributed by atoms with Gasteiger partial charge in [-0.3, -0.25) is 0 Å². The van der Waals surface area contributed by atoms with E-state index in [9.17, 15) is 9.90 Å². The number of aromatic hydroxyl groups is 1. The normalized spacial score (nSPS) is 14.7. The van der Waals surface area contributed by atoms with Crippen LogP contribution in [0.4, 0.5) is 0 Å². The summed E-state index contributed by atoms with van der Waals surface area (Å²) in [5, 5.41) is 9.32. The van der Waals surface area contributed by atoms with Crippen LogP contribution in [-0.2, 0) is 10.2 Å². The predicted molar refractivity (Wildman–Crippen MR) is 56.4 cm³/mol. The zero-order chi connectivity index (χ0) is 10.6.